The van der Waals surface area contributed by atoms with Crippen molar-refractivity contribution in [2.75, 3.05) is 0 Å². The van der Waals surface area contributed by atoms with Crippen LogP contribution in [0.4, 0.5) is 0 Å². The molecule has 1 atom stereocenters. The molecule has 2 nitrogen and oxygen atoms in total. The first-order chi connectivity index (χ1) is 14.5. The minimum absolute atomic E-state index is 0.0871. The van der Waals surface area contributed by atoms with Crippen molar-refractivity contribution < 1.29 is 4.43 Å². The van der Waals surface area contributed by atoms with E-state index in [9.17, 15) is 5.26 Å². The predicted octanol–water partition coefficient (Wildman–Crippen LogP) is 5.48. The molecule has 0 heterocycles. The molecule has 0 spiro atoms. The van der Waals surface area contributed by atoms with E-state index >= 15 is 0 Å². The van der Waals surface area contributed by atoms with Gasteiger partial charge in [0.1, 0.15) is 0 Å². The fourth-order valence-electron chi connectivity index (χ4n) is 4.22. The molecule has 3 aromatic rings. The second-order valence-electron chi connectivity index (χ2n) is 8.79. The van der Waals surface area contributed by atoms with Crippen molar-refractivity contribution in [2.24, 2.45) is 0 Å². The molecule has 3 heteroatoms. The standard InChI is InChI=1S/C27H31NOSi/c1-27(2,3)30(25-15-9-5-10-16-25,26-17-11-6-12-18-26)29-24(21-22-28)20-19-23-13-7-4-8-14-23/h4-18,24H,19-21H2,1-3H3/t24-/m1/s1. The lowest BCUT2D eigenvalue weighted by molar-refractivity contribution is 0.182. The van der Waals surface area contributed by atoms with E-state index in [0.29, 0.717) is 6.42 Å². The normalized spacial score (nSPS) is 12.9. The Kier molecular flexibility index (Phi) is 7.26. The first kappa shape index (κ1) is 22.0. The Labute approximate surface area is 182 Å². The minimum atomic E-state index is -2.64. The molecule has 0 N–H and O–H groups in total. The van der Waals surface area contributed by atoms with Gasteiger partial charge < -0.3 is 4.43 Å². The van der Waals surface area contributed by atoms with E-state index in [1.54, 1.807) is 0 Å². The van der Waals surface area contributed by atoms with Crippen molar-refractivity contribution in [2.45, 2.75) is 51.2 Å². The van der Waals surface area contributed by atoms with E-state index in [2.05, 4.69) is 112 Å². The molecule has 0 saturated carbocycles. The summed E-state index contributed by atoms with van der Waals surface area (Å²) in [6, 6.07) is 34.1. The fourth-order valence-corrected chi connectivity index (χ4v) is 8.93. The van der Waals surface area contributed by atoms with Gasteiger partial charge in [-0.25, -0.2) is 0 Å². The van der Waals surface area contributed by atoms with Crippen LogP contribution in [-0.2, 0) is 10.8 Å². The number of nitriles is 1. The van der Waals surface area contributed by atoms with Crippen LogP contribution in [-0.4, -0.2) is 14.4 Å². The molecule has 154 valence electrons. The maximum absolute atomic E-state index is 9.56. The van der Waals surface area contributed by atoms with Crippen LogP contribution in [0, 0.1) is 11.3 Å². The second-order valence-corrected chi connectivity index (χ2v) is 13.0. The van der Waals surface area contributed by atoms with Crippen molar-refractivity contribution >= 4 is 18.7 Å². The maximum atomic E-state index is 9.56. The van der Waals surface area contributed by atoms with Crippen molar-refractivity contribution in [1.82, 2.24) is 0 Å². The second kappa shape index (κ2) is 9.89. The molecule has 0 bridgehead atoms. The molecule has 0 unspecified atom stereocenters. The van der Waals surface area contributed by atoms with Crippen LogP contribution in [0.25, 0.3) is 0 Å². The topological polar surface area (TPSA) is 33.0 Å². The van der Waals surface area contributed by atoms with E-state index in [0.717, 1.165) is 12.8 Å². The summed E-state index contributed by atoms with van der Waals surface area (Å²) in [6.45, 7) is 6.83. The Morgan fingerprint density at radius 2 is 1.27 bits per heavy atom. The Morgan fingerprint density at radius 3 is 1.70 bits per heavy atom. The highest BCUT2D eigenvalue weighted by molar-refractivity contribution is 6.99. The van der Waals surface area contributed by atoms with Gasteiger partial charge in [-0.1, -0.05) is 112 Å². The molecular formula is C27H31NOSi. The van der Waals surface area contributed by atoms with Crippen LogP contribution in [0.1, 0.15) is 39.2 Å². The van der Waals surface area contributed by atoms with Crippen LogP contribution in [0.2, 0.25) is 5.04 Å². The van der Waals surface area contributed by atoms with Gasteiger partial charge in [-0.05, 0) is 33.8 Å². The Bertz CT molecular complexity index is 903. The molecule has 0 fully saturated rings. The number of hydrogen-bond donors (Lipinski definition) is 0. The van der Waals surface area contributed by atoms with Gasteiger partial charge in [-0.2, -0.15) is 5.26 Å². The third-order valence-electron chi connectivity index (χ3n) is 5.68. The van der Waals surface area contributed by atoms with Gasteiger partial charge >= 0.3 is 0 Å². The molecule has 30 heavy (non-hydrogen) atoms. The number of nitrogens with zero attached hydrogens (tertiary/aromatic N) is 1. The summed E-state index contributed by atoms with van der Waals surface area (Å²) >= 11 is 0. The molecule has 0 aromatic heterocycles. The number of hydrogen-bond acceptors (Lipinski definition) is 2. The van der Waals surface area contributed by atoms with Gasteiger partial charge in [-0.15, -0.1) is 0 Å². The summed E-state index contributed by atoms with van der Waals surface area (Å²) < 4.78 is 7.15. The zero-order valence-corrected chi connectivity index (χ0v) is 19.2. The first-order valence-corrected chi connectivity index (χ1v) is 12.6. The molecule has 0 aliphatic carbocycles. The van der Waals surface area contributed by atoms with Gasteiger partial charge in [0.25, 0.3) is 8.32 Å². The average molecular weight is 414 g/mol. The predicted molar refractivity (Wildman–Crippen MR) is 127 cm³/mol. The average Bonchev–Trinajstić information content (AvgIpc) is 2.77. The minimum Gasteiger partial charge on any atom is -0.403 e. The Hall–Kier alpha value is -2.67. The maximum Gasteiger partial charge on any atom is 0.261 e. The number of benzene rings is 3. The van der Waals surface area contributed by atoms with Gasteiger partial charge in [0.15, 0.2) is 0 Å². The van der Waals surface area contributed by atoms with Crippen molar-refractivity contribution in [3.05, 3.63) is 96.6 Å². The summed E-state index contributed by atoms with van der Waals surface area (Å²) in [5, 5.41) is 12.0. The number of rotatable bonds is 8. The summed E-state index contributed by atoms with van der Waals surface area (Å²) in [4.78, 5) is 0. The first-order valence-electron chi connectivity index (χ1n) is 10.7. The van der Waals surface area contributed by atoms with Gasteiger partial charge in [-0.3, -0.25) is 0 Å². The zero-order chi connectivity index (χ0) is 21.5. The van der Waals surface area contributed by atoms with Crippen LogP contribution in [0.5, 0.6) is 0 Å². The molecule has 0 aliphatic heterocycles. The molecule has 3 rings (SSSR count). The lowest BCUT2D eigenvalue weighted by Crippen LogP contribution is -2.67. The van der Waals surface area contributed by atoms with Gasteiger partial charge in [0.05, 0.1) is 18.6 Å². The highest BCUT2D eigenvalue weighted by atomic mass is 28.4. The smallest absolute Gasteiger partial charge is 0.261 e. The lowest BCUT2D eigenvalue weighted by atomic mass is 10.1. The Balaban J connectivity index is 2.03. The van der Waals surface area contributed by atoms with Crippen LogP contribution in [0.3, 0.4) is 0 Å². The molecule has 0 saturated heterocycles. The van der Waals surface area contributed by atoms with E-state index in [1.165, 1.54) is 15.9 Å². The quantitative estimate of drug-likeness (QED) is 0.458. The van der Waals surface area contributed by atoms with Crippen LogP contribution < -0.4 is 10.4 Å². The summed E-state index contributed by atoms with van der Waals surface area (Å²) in [5.74, 6) is 0. The molecule has 0 aliphatic rings. The Morgan fingerprint density at radius 1 is 0.800 bits per heavy atom. The summed E-state index contributed by atoms with van der Waals surface area (Å²) in [7, 11) is -2.64. The third kappa shape index (κ3) is 4.90. The molecule has 0 amide bonds. The van der Waals surface area contributed by atoms with Crippen LogP contribution >= 0.6 is 0 Å². The highest BCUT2D eigenvalue weighted by Gasteiger charge is 2.51. The van der Waals surface area contributed by atoms with Gasteiger partial charge in [0, 0.05) is 0 Å². The lowest BCUT2D eigenvalue weighted by Gasteiger charge is -2.45. The summed E-state index contributed by atoms with van der Waals surface area (Å²) in [6.07, 6.45) is 2.03. The molecule has 3 aromatic carbocycles. The van der Waals surface area contributed by atoms with Crippen LogP contribution in [0.15, 0.2) is 91.0 Å². The van der Waals surface area contributed by atoms with Crippen molar-refractivity contribution in [3.63, 3.8) is 0 Å². The zero-order valence-electron chi connectivity index (χ0n) is 18.2. The third-order valence-corrected chi connectivity index (χ3v) is 10.8. The summed E-state index contributed by atoms with van der Waals surface area (Å²) in [5.41, 5.74) is 1.28. The highest BCUT2D eigenvalue weighted by Crippen LogP contribution is 2.38. The monoisotopic (exact) mass is 413 g/mol. The van der Waals surface area contributed by atoms with E-state index in [4.69, 9.17) is 4.43 Å². The molecular weight excluding hydrogens is 382 g/mol. The van der Waals surface area contributed by atoms with E-state index in [1.807, 2.05) is 6.07 Å². The SMILES string of the molecule is CC(C)(C)[Si](O[C@@H](CC#N)CCc1ccccc1)(c1ccccc1)c1ccccc1. The van der Waals surface area contributed by atoms with Crippen molar-refractivity contribution in [3.8, 4) is 6.07 Å². The van der Waals surface area contributed by atoms with Crippen molar-refractivity contribution in [1.29, 1.82) is 5.26 Å². The van der Waals surface area contributed by atoms with E-state index in [-0.39, 0.29) is 11.1 Å². The molecule has 0 radical (unpaired) electrons. The van der Waals surface area contributed by atoms with Gasteiger partial charge in [0.2, 0.25) is 0 Å². The largest absolute Gasteiger partial charge is 0.403 e. The fraction of sp³-hybridized carbons (Fsp3) is 0.296. The van der Waals surface area contributed by atoms with E-state index < -0.39 is 8.32 Å². The number of aryl methyl sites for hydroxylation is 1.